The summed E-state index contributed by atoms with van der Waals surface area (Å²) in [6.07, 6.45) is 0.840. The number of nitrogens with zero attached hydrogens (tertiary/aromatic N) is 2. The highest BCUT2D eigenvalue weighted by Gasteiger charge is 2.07. The SMILES string of the molecule is CC(CN)Cc1nc2nc(N)ccc2[nH]1. The highest BCUT2D eigenvalue weighted by molar-refractivity contribution is 5.72. The fourth-order valence-electron chi connectivity index (χ4n) is 1.47. The minimum Gasteiger partial charge on any atom is -0.384 e. The molecule has 0 aliphatic rings. The number of nitrogen functional groups attached to an aromatic ring is 1. The minimum absolute atomic E-state index is 0.419. The number of rotatable bonds is 3. The van der Waals surface area contributed by atoms with Gasteiger partial charge in [0.15, 0.2) is 5.65 Å². The predicted molar refractivity (Wildman–Crippen MR) is 60.2 cm³/mol. The molecule has 5 heteroatoms. The van der Waals surface area contributed by atoms with E-state index in [1.807, 2.05) is 6.07 Å². The Morgan fingerprint density at radius 2 is 2.20 bits per heavy atom. The Bertz CT molecular complexity index is 462. The predicted octanol–water partition coefficient (Wildman–Crippen LogP) is 0.677. The van der Waals surface area contributed by atoms with Crippen molar-refractivity contribution < 1.29 is 0 Å². The molecule has 2 heterocycles. The van der Waals surface area contributed by atoms with E-state index in [0.29, 0.717) is 23.9 Å². The molecule has 1 unspecified atom stereocenters. The average Bonchev–Trinajstić information content (AvgIpc) is 2.59. The molecular formula is C10H15N5. The van der Waals surface area contributed by atoms with Crippen LogP contribution in [0.3, 0.4) is 0 Å². The lowest BCUT2D eigenvalue weighted by Gasteiger charge is -2.03. The Kier molecular flexibility index (Phi) is 2.55. The van der Waals surface area contributed by atoms with Gasteiger partial charge in [-0.15, -0.1) is 0 Å². The van der Waals surface area contributed by atoms with Gasteiger partial charge in [0, 0.05) is 6.42 Å². The van der Waals surface area contributed by atoms with Gasteiger partial charge in [-0.2, -0.15) is 0 Å². The van der Waals surface area contributed by atoms with Crippen LogP contribution in [-0.2, 0) is 6.42 Å². The van der Waals surface area contributed by atoms with Crippen molar-refractivity contribution >= 4 is 17.0 Å². The Morgan fingerprint density at radius 1 is 1.40 bits per heavy atom. The number of H-pyrrole nitrogens is 1. The molecule has 0 saturated heterocycles. The molecule has 0 amide bonds. The molecular weight excluding hydrogens is 190 g/mol. The maximum Gasteiger partial charge on any atom is 0.179 e. The van der Waals surface area contributed by atoms with Gasteiger partial charge >= 0.3 is 0 Å². The third-order valence-electron chi connectivity index (χ3n) is 2.36. The summed E-state index contributed by atoms with van der Waals surface area (Å²) in [5.41, 5.74) is 12.7. The minimum atomic E-state index is 0.419. The molecule has 0 bridgehead atoms. The fourth-order valence-corrected chi connectivity index (χ4v) is 1.47. The molecule has 0 saturated carbocycles. The Hall–Kier alpha value is -1.62. The van der Waals surface area contributed by atoms with E-state index in [4.69, 9.17) is 11.5 Å². The number of pyridine rings is 1. The summed E-state index contributed by atoms with van der Waals surface area (Å²) in [7, 11) is 0. The second-order valence-corrected chi connectivity index (χ2v) is 3.84. The lowest BCUT2D eigenvalue weighted by Crippen LogP contribution is -2.13. The van der Waals surface area contributed by atoms with Crippen LogP contribution < -0.4 is 11.5 Å². The van der Waals surface area contributed by atoms with Crippen molar-refractivity contribution in [3.8, 4) is 0 Å². The third kappa shape index (κ3) is 2.07. The number of nitrogens with two attached hydrogens (primary N) is 2. The molecule has 0 radical (unpaired) electrons. The lowest BCUT2D eigenvalue weighted by atomic mass is 10.1. The molecule has 80 valence electrons. The highest BCUT2D eigenvalue weighted by Crippen LogP contribution is 2.12. The fraction of sp³-hybridized carbons (Fsp3) is 0.400. The van der Waals surface area contributed by atoms with E-state index in [-0.39, 0.29) is 0 Å². The van der Waals surface area contributed by atoms with E-state index in [1.54, 1.807) is 6.07 Å². The standard InChI is InChI=1S/C10H15N5/c1-6(5-11)4-9-13-7-2-3-8(12)14-10(7)15-9/h2-3,6H,4-5,11H2,1H3,(H3,12,13,14,15). The van der Waals surface area contributed by atoms with Gasteiger partial charge in [0.25, 0.3) is 0 Å². The average molecular weight is 205 g/mol. The molecule has 0 spiro atoms. The van der Waals surface area contributed by atoms with Crippen molar-refractivity contribution in [1.82, 2.24) is 15.0 Å². The molecule has 1 atom stereocenters. The molecule has 0 fully saturated rings. The van der Waals surface area contributed by atoms with Gasteiger partial charge in [-0.3, -0.25) is 0 Å². The first-order valence-electron chi connectivity index (χ1n) is 5.00. The van der Waals surface area contributed by atoms with Crippen LogP contribution in [0.1, 0.15) is 12.7 Å². The molecule has 2 rings (SSSR count). The van der Waals surface area contributed by atoms with Crippen molar-refractivity contribution in [1.29, 1.82) is 0 Å². The van der Waals surface area contributed by atoms with E-state index in [2.05, 4.69) is 21.9 Å². The van der Waals surface area contributed by atoms with Crippen molar-refractivity contribution in [2.75, 3.05) is 12.3 Å². The Morgan fingerprint density at radius 3 is 2.93 bits per heavy atom. The van der Waals surface area contributed by atoms with E-state index in [0.717, 1.165) is 17.8 Å². The molecule has 2 aromatic heterocycles. The van der Waals surface area contributed by atoms with E-state index in [9.17, 15) is 0 Å². The first kappa shape index (κ1) is 9.92. The highest BCUT2D eigenvalue weighted by atomic mass is 15.0. The second-order valence-electron chi connectivity index (χ2n) is 3.84. The van der Waals surface area contributed by atoms with Gasteiger partial charge < -0.3 is 16.5 Å². The van der Waals surface area contributed by atoms with Crippen LogP contribution in [0.5, 0.6) is 0 Å². The molecule has 5 N–H and O–H groups in total. The van der Waals surface area contributed by atoms with Crippen LogP contribution in [-0.4, -0.2) is 21.5 Å². The normalized spacial score (nSPS) is 13.2. The number of imidazole rings is 1. The summed E-state index contributed by atoms with van der Waals surface area (Å²) in [6, 6.07) is 3.65. The Labute approximate surface area is 87.9 Å². The number of nitrogens with one attached hydrogen (secondary N) is 1. The van der Waals surface area contributed by atoms with Crippen LogP contribution in [0.4, 0.5) is 5.82 Å². The first-order valence-corrected chi connectivity index (χ1v) is 5.00. The summed E-state index contributed by atoms with van der Waals surface area (Å²) in [4.78, 5) is 11.7. The second kappa shape index (κ2) is 3.86. The van der Waals surface area contributed by atoms with Gasteiger partial charge in [-0.05, 0) is 24.6 Å². The molecule has 15 heavy (non-hydrogen) atoms. The molecule has 2 aromatic rings. The van der Waals surface area contributed by atoms with Gasteiger partial charge in [0.2, 0.25) is 0 Å². The van der Waals surface area contributed by atoms with Crippen LogP contribution in [0.15, 0.2) is 12.1 Å². The van der Waals surface area contributed by atoms with Crippen molar-refractivity contribution in [2.45, 2.75) is 13.3 Å². The van der Waals surface area contributed by atoms with E-state index < -0.39 is 0 Å². The summed E-state index contributed by atoms with van der Waals surface area (Å²) in [6.45, 7) is 2.75. The zero-order valence-corrected chi connectivity index (χ0v) is 8.70. The van der Waals surface area contributed by atoms with Crippen molar-refractivity contribution in [3.05, 3.63) is 18.0 Å². The van der Waals surface area contributed by atoms with Crippen LogP contribution in [0, 0.1) is 5.92 Å². The summed E-state index contributed by atoms with van der Waals surface area (Å²) in [5, 5.41) is 0. The van der Waals surface area contributed by atoms with Gasteiger partial charge in [0.05, 0.1) is 5.52 Å². The molecule has 0 aliphatic heterocycles. The monoisotopic (exact) mass is 205 g/mol. The summed E-state index contributed by atoms with van der Waals surface area (Å²) in [5.74, 6) is 1.83. The zero-order valence-electron chi connectivity index (χ0n) is 8.70. The largest absolute Gasteiger partial charge is 0.384 e. The van der Waals surface area contributed by atoms with Gasteiger partial charge in [-0.1, -0.05) is 6.92 Å². The topological polar surface area (TPSA) is 93.6 Å². The van der Waals surface area contributed by atoms with Gasteiger partial charge in [0.1, 0.15) is 11.6 Å². The summed E-state index contributed by atoms with van der Waals surface area (Å²) < 4.78 is 0. The third-order valence-corrected chi connectivity index (χ3v) is 2.36. The lowest BCUT2D eigenvalue weighted by molar-refractivity contribution is 0.578. The Balaban J connectivity index is 2.30. The smallest absolute Gasteiger partial charge is 0.179 e. The van der Waals surface area contributed by atoms with Crippen molar-refractivity contribution in [3.63, 3.8) is 0 Å². The van der Waals surface area contributed by atoms with Crippen LogP contribution in [0.2, 0.25) is 0 Å². The molecule has 0 aromatic carbocycles. The first-order chi connectivity index (χ1) is 7.19. The maximum absolute atomic E-state index is 5.58. The van der Waals surface area contributed by atoms with Crippen molar-refractivity contribution in [2.24, 2.45) is 11.7 Å². The summed E-state index contributed by atoms with van der Waals surface area (Å²) >= 11 is 0. The number of aromatic nitrogens is 3. The van der Waals surface area contributed by atoms with Gasteiger partial charge in [-0.25, -0.2) is 9.97 Å². The van der Waals surface area contributed by atoms with Crippen LogP contribution >= 0.6 is 0 Å². The number of hydrogen-bond donors (Lipinski definition) is 3. The van der Waals surface area contributed by atoms with Crippen LogP contribution in [0.25, 0.3) is 11.2 Å². The quantitative estimate of drug-likeness (QED) is 0.686. The maximum atomic E-state index is 5.58. The number of anilines is 1. The number of aromatic amines is 1. The molecule has 0 aliphatic carbocycles. The number of hydrogen-bond acceptors (Lipinski definition) is 4. The zero-order chi connectivity index (χ0) is 10.8. The molecule has 5 nitrogen and oxygen atoms in total. The van der Waals surface area contributed by atoms with E-state index in [1.165, 1.54) is 0 Å². The van der Waals surface area contributed by atoms with E-state index >= 15 is 0 Å². The number of fused-ring (bicyclic) bond motifs is 1.